The van der Waals surface area contributed by atoms with E-state index in [4.69, 9.17) is 19.3 Å². The van der Waals surface area contributed by atoms with Crippen molar-refractivity contribution in [2.75, 3.05) is 13.2 Å². The maximum absolute atomic E-state index is 12.4. The Hall–Kier alpha value is -2.29. The number of phosphoric ester groups is 1. The molecule has 0 aliphatic carbocycles. The molecule has 0 radical (unpaired) electrons. The smallest absolute Gasteiger partial charge is 0.462 e. The van der Waals surface area contributed by atoms with Crippen LogP contribution in [0.4, 0.5) is 0 Å². The van der Waals surface area contributed by atoms with Gasteiger partial charge in [0.1, 0.15) is 6.61 Å². The van der Waals surface area contributed by atoms with Crippen LogP contribution in [0, 0.1) is 0 Å². The number of aliphatic hydroxyl groups excluding tert-OH is 1. The largest absolute Gasteiger partial charge is 0.469 e. The highest BCUT2D eigenvalue weighted by atomic mass is 31.2. The zero-order valence-electron chi connectivity index (χ0n) is 34.7. The molecule has 0 amide bonds. The highest BCUT2D eigenvalue weighted by Crippen LogP contribution is 2.36. The van der Waals surface area contributed by atoms with Crippen LogP contribution in [0.2, 0.25) is 0 Å². The second-order valence-corrected chi connectivity index (χ2v) is 15.7. The van der Waals surface area contributed by atoms with Crippen LogP contribution in [0.5, 0.6) is 0 Å². The molecular weight excluding hydrogens is 715 g/mol. The third-order valence-electron chi connectivity index (χ3n) is 9.15. The first-order valence-electron chi connectivity index (χ1n) is 21.7. The van der Waals surface area contributed by atoms with E-state index in [2.05, 4.69) is 54.8 Å². The van der Waals surface area contributed by atoms with E-state index in [-0.39, 0.29) is 19.4 Å². The average Bonchev–Trinajstić information content (AvgIpc) is 3.15. The van der Waals surface area contributed by atoms with E-state index >= 15 is 0 Å². The molecule has 0 heterocycles. The fourth-order valence-corrected chi connectivity index (χ4v) is 6.29. The maximum atomic E-state index is 12.4. The van der Waals surface area contributed by atoms with E-state index < -0.39 is 38.6 Å². The third kappa shape index (κ3) is 42.7. The maximum Gasteiger partial charge on any atom is 0.469 e. The number of ether oxygens (including phenoxy) is 2. The Bertz CT molecular complexity index is 1090. The van der Waals surface area contributed by atoms with Crippen LogP contribution in [0.3, 0.4) is 0 Å². The molecule has 0 fully saturated rings. The molecule has 3 N–H and O–H groups in total. The van der Waals surface area contributed by atoms with E-state index in [1.54, 1.807) is 12.2 Å². The van der Waals surface area contributed by atoms with Crippen LogP contribution in [0.1, 0.15) is 187 Å². The average molecular weight is 795 g/mol. The van der Waals surface area contributed by atoms with Gasteiger partial charge in [-0.1, -0.05) is 190 Å². The standard InChI is InChI=1S/C45H79O9P/c1-3-5-7-9-11-13-15-17-18-19-20-21-22-24-26-28-30-32-34-38-45(48)54-43(41-53-55(49,50)51)40-52-44(47)39-35-37-42(46)36-33-31-29-27-25-23-16-14-12-10-8-6-4-2/h6,8,12,14,23,25,29,31,33,36,42-43,46H,3-5,7,9-11,13,15-22,24,26-28,30,32,34-35,37-41H2,1-2H3,(H2,49,50,51)/b8-6-,14-12-,25-23-,31-29-,36-33+/t42?,43-/m1/s1. The Balaban J connectivity index is 4.06. The van der Waals surface area contributed by atoms with Crippen LogP contribution in [0.25, 0.3) is 0 Å². The minimum Gasteiger partial charge on any atom is -0.462 e. The van der Waals surface area contributed by atoms with E-state index in [9.17, 15) is 19.3 Å². The number of rotatable bonds is 39. The number of esters is 2. The van der Waals surface area contributed by atoms with Gasteiger partial charge in [0, 0.05) is 12.8 Å². The van der Waals surface area contributed by atoms with Gasteiger partial charge >= 0.3 is 19.8 Å². The van der Waals surface area contributed by atoms with E-state index in [0.29, 0.717) is 19.3 Å². The lowest BCUT2D eigenvalue weighted by atomic mass is 10.0. The van der Waals surface area contributed by atoms with Crippen molar-refractivity contribution in [3.8, 4) is 0 Å². The minimum absolute atomic E-state index is 0.0360. The molecule has 10 heteroatoms. The number of hydrogen-bond donors (Lipinski definition) is 3. The number of allylic oxidation sites excluding steroid dienone is 9. The van der Waals surface area contributed by atoms with Crippen molar-refractivity contribution in [3.63, 3.8) is 0 Å². The highest BCUT2D eigenvalue weighted by Gasteiger charge is 2.23. The van der Waals surface area contributed by atoms with Gasteiger partial charge in [-0.25, -0.2) is 4.57 Å². The molecule has 0 aliphatic rings. The first-order valence-corrected chi connectivity index (χ1v) is 23.2. The lowest BCUT2D eigenvalue weighted by Crippen LogP contribution is -2.29. The van der Waals surface area contributed by atoms with Crippen molar-refractivity contribution in [1.82, 2.24) is 0 Å². The normalized spacial score (nSPS) is 13.6. The Morgan fingerprint density at radius 3 is 1.51 bits per heavy atom. The SMILES string of the molecule is CC/C=C\C/C=C\C/C=C\C/C=C\C=C\C(O)CCCC(=O)OC[C@H](COP(=O)(O)O)OC(=O)CCCCCCCCCCCCCCCCCCCCC. The molecule has 0 aromatic carbocycles. The lowest BCUT2D eigenvalue weighted by Gasteiger charge is -2.18. The van der Waals surface area contributed by atoms with Crippen LogP contribution in [0.15, 0.2) is 60.8 Å². The van der Waals surface area contributed by atoms with Gasteiger partial charge in [0.25, 0.3) is 0 Å². The minimum atomic E-state index is -4.80. The summed E-state index contributed by atoms with van der Waals surface area (Å²) in [6.07, 6.45) is 46.9. The van der Waals surface area contributed by atoms with E-state index in [0.717, 1.165) is 44.9 Å². The fourth-order valence-electron chi connectivity index (χ4n) is 5.93. The predicted molar refractivity (Wildman–Crippen MR) is 227 cm³/mol. The first kappa shape index (κ1) is 52.7. The molecule has 0 saturated carbocycles. The van der Waals surface area contributed by atoms with Crippen molar-refractivity contribution < 1.29 is 43.0 Å². The summed E-state index contributed by atoms with van der Waals surface area (Å²) in [7, 11) is -4.80. The zero-order chi connectivity index (χ0) is 40.5. The van der Waals surface area contributed by atoms with Gasteiger partial charge in [0.2, 0.25) is 0 Å². The summed E-state index contributed by atoms with van der Waals surface area (Å²) in [5.41, 5.74) is 0. The Morgan fingerprint density at radius 1 is 0.564 bits per heavy atom. The van der Waals surface area contributed by atoms with Gasteiger partial charge < -0.3 is 24.4 Å². The summed E-state index contributed by atoms with van der Waals surface area (Å²) in [6, 6.07) is 0. The van der Waals surface area contributed by atoms with Crippen LogP contribution < -0.4 is 0 Å². The quantitative estimate of drug-likeness (QED) is 0.0182. The predicted octanol–water partition coefficient (Wildman–Crippen LogP) is 12.3. The summed E-state index contributed by atoms with van der Waals surface area (Å²) in [4.78, 5) is 42.9. The molecule has 55 heavy (non-hydrogen) atoms. The topological polar surface area (TPSA) is 140 Å². The number of phosphoric acid groups is 1. The molecule has 0 spiro atoms. The number of carbonyl (C=O) groups is 2. The third-order valence-corrected chi connectivity index (χ3v) is 9.64. The molecule has 0 aromatic heterocycles. The Morgan fingerprint density at radius 2 is 1.02 bits per heavy atom. The second-order valence-electron chi connectivity index (χ2n) is 14.5. The molecule has 1 unspecified atom stereocenters. The van der Waals surface area contributed by atoms with E-state index in [1.165, 1.54) is 96.3 Å². The van der Waals surface area contributed by atoms with Gasteiger partial charge in [-0.3, -0.25) is 14.1 Å². The fraction of sp³-hybridized carbons (Fsp3) is 0.733. The van der Waals surface area contributed by atoms with Crippen molar-refractivity contribution in [2.45, 2.75) is 199 Å². The number of carbonyl (C=O) groups excluding carboxylic acids is 2. The van der Waals surface area contributed by atoms with Gasteiger partial charge in [0.05, 0.1) is 12.7 Å². The summed E-state index contributed by atoms with van der Waals surface area (Å²) in [5, 5.41) is 10.2. The second kappa shape index (κ2) is 39.9. The molecular formula is C45H79O9P. The Labute approximate surface area is 335 Å². The van der Waals surface area contributed by atoms with Gasteiger partial charge in [-0.15, -0.1) is 0 Å². The van der Waals surface area contributed by atoms with Crippen LogP contribution >= 0.6 is 7.82 Å². The highest BCUT2D eigenvalue weighted by molar-refractivity contribution is 7.46. The molecule has 0 saturated heterocycles. The summed E-state index contributed by atoms with van der Waals surface area (Å²) in [6.45, 7) is 3.41. The van der Waals surface area contributed by atoms with Crippen LogP contribution in [-0.2, 0) is 28.2 Å². The molecule has 318 valence electrons. The molecule has 0 aromatic rings. The van der Waals surface area contributed by atoms with Gasteiger partial charge in [0.15, 0.2) is 6.10 Å². The molecule has 0 rings (SSSR count). The summed E-state index contributed by atoms with van der Waals surface area (Å²) >= 11 is 0. The van der Waals surface area contributed by atoms with Crippen molar-refractivity contribution in [2.24, 2.45) is 0 Å². The molecule has 9 nitrogen and oxygen atoms in total. The monoisotopic (exact) mass is 795 g/mol. The number of unbranched alkanes of at least 4 members (excludes halogenated alkanes) is 18. The van der Waals surface area contributed by atoms with Crippen molar-refractivity contribution >= 4 is 19.8 Å². The molecule has 0 bridgehead atoms. The first-order chi connectivity index (χ1) is 26.7. The number of hydrogen-bond acceptors (Lipinski definition) is 7. The van der Waals surface area contributed by atoms with Crippen molar-refractivity contribution in [3.05, 3.63) is 60.8 Å². The summed E-state index contributed by atoms with van der Waals surface area (Å²) in [5.74, 6) is -1.09. The van der Waals surface area contributed by atoms with Gasteiger partial charge in [-0.2, -0.15) is 0 Å². The summed E-state index contributed by atoms with van der Waals surface area (Å²) < 4.78 is 26.3. The number of aliphatic hydroxyl groups is 1. The molecule has 2 atom stereocenters. The van der Waals surface area contributed by atoms with Crippen LogP contribution in [-0.4, -0.2) is 52.3 Å². The van der Waals surface area contributed by atoms with E-state index in [1.807, 2.05) is 12.2 Å². The molecule has 0 aliphatic heterocycles. The van der Waals surface area contributed by atoms with Gasteiger partial charge in [-0.05, 0) is 44.9 Å². The van der Waals surface area contributed by atoms with Crippen molar-refractivity contribution in [1.29, 1.82) is 0 Å². The zero-order valence-corrected chi connectivity index (χ0v) is 35.6. The lowest BCUT2D eigenvalue weighted by molar-refractivity contribution is -0.161. The Kier molecular flexibility index (Phi) is 38.3.